The summed E-state index contributed by atoms with van der Waals surface area (Å²) in [4.78, 5) is 68.7. The molecule has 2 unspecified atom stereocenters. The van der Waals surface area contributed by atoms with E-state index >= 15 is 0 Å². The van der Waals surface area contributed by atoms with E-state index in [-0.39, 0.29) is 16.6 Å². The zero-order valence-electron chi connectivity index (χ0n) is 20.4. The molecule has 200 valence electrons. The van der Waals surface area contributed by atoms with Crippen molar-refractivity contribution in [3.8, 4) is 0 Å². The molecular formula is C24H24N4O7S3. The molecule has 3 atom stereocenters. The Morgan fingerprint density at radius 2 is 1.97 bits per heavy atom. The summed E-state index contributed by atoms with van der Waals surface area (Å²) in [6.45, 7) is 2.39. The van der Waals surface area contributed by atoms with Crippen LogP contribution in [0.3, 0.4) is 0 Å². The molecule has 0 aliphatic carbocycles. The van der Waals surface area contributed by atoms with Gasteiger partial charge in [-0.15, -0.1) is 23.1 Å². The van der Waals surface area contributed by atoms with Gasteiger partial charge in [0, 0.05) is 29.5 Å². The van der Waals surface area contributed by atoms with Crippen molar-refractivity contribution in [1.82, 2.24) is 15.2 Å². The molecule has 3 N–H and O–H groups in total. The number of aryl methyl sites for hydroxylation is 1. The Morgan fingerprint density at radius 3 is 2.63 bits per heavy atom. The van der Waals surface area contributed by atoms with Crippen molar-refractivity contribution < 1.29 is 33.4 Å². The number of ether oxygens (including phenoxy) is 2. The number of carbonyl (C=O) groups excluding carboxylic acids is 5. The second-order valence-corrected chi connectivity index (χ2v) is 11.6. The number of nitrogens with zero attached hydrogens (tertiary/aromatic N) is 2. The highest BCUT2D eigenvalue weighted by molar-refractivity contribution is 8.14. The molecule has 38 heavy (non-hydrogen) atoms. The van der Waals surface area contributed by atoms with Gasteiger partial charge in [-0.1, -0.05) is 42.1 Å². The van der Waals surface area contributed by atoms with Crippen LogP contribution in [0.1, 0.15) is 33.2 Å². The summed E-state index contributed by atoms with van der Waals surface area (Å²) in [7, 11) is 0. The summed E-state index contributed by atoms with van der Waals surface area (Å²) < 4.78 is 9.77. The molecule has 11 nitrogen and oxygen atoms in total. The van der Waals surface area contributed by atoms with Crippen LogP contribution >= 0.6 is 34.9 Å². The zero-order chi connectivity index (χ0) is 27.4. The number of benzene rings is 1. The van der Waals surface area contributed by atoms with Crippen LogP contribution in [0.25, 0.3) is 0 Å². The lowest BCUT2D eigenvalue weighted by Gasteiger charge is -2.49. The number of thioether (sulfide) groups is 2. The lowest BCUT2D eigenvalue weighted by atomic mass is 10.0. The molecule has 14 heteroatoms. The number of esters is 2. The Labute approximate surface area is 230 Å². The standard InChI is InChI=1S/C24H24N4O7S3/c1-12-8-26-20(38-12)24(33)37-10-15-9-36-22-17(27-19(30)16(25)14-6-4-3-5-7-14)21(31)28(22)18(15)23(32)35-11-34-13(2)29/h3-8,16-17,22H,9-11,25H2,1-2H3,(H,27,30)/t16?,17?,22-/m0/s1. The molecule has 2 aliphatic rings. The lowest BCUT2D eigenvalue weighted by Crippen LogP contribution is -2.71. The Bertz CT molecular complexity index is 1300. The first-order valence-corrected chi connectivity index (χ1v) is 14.2. The Morgan fingerprint density at radius 1 is 1.24 bits per heavy atom. The van der Waals surface area contributed by atoms with E-state index in [1.165, 1.54) is 34.9 Å². The molecule has 1 fully saturated rings. The van der Waals surface area contributed by atoms with E-state index in [4.69, 9.17) is 15.2 Å². The van der Waals surface area contributed by atoms with Crippen molar-refractivity contribution in [3.63, 3.8) is 0 Å². The van der Waals surface area contributed by atoms with Crippen molar-refractivity contribution in [1.29, 1.82) is 0 Å². The summed E-state index contributed by atoms with van der Waals surface area (Å²) in [6.07, 6.45) is 1.60. The first-order chi connectivity index (χ1) is 18.2. The van der Waals surface area contributed by atoms with E-state index in [1.807, 2.05) is 6.92 Å². The number of hydrogen-bond acceptors (Lipinski definition) is 12. The molecule has 0 radical (unpaired) electrons. The zero-order valence-corrected chi connectivity index (χ0v) is 22.8. The highest BCUT2D eigenvalue weighted by atomic mass is 32.2. The van der Waals surface area contributed by atoms with Crippen molar-refractivity contribution >= 4 is 63.7 Å². The van der Waals surface area contributed by atoms with Gasteiger partial charge in [0.25, 0.3) is 5.91 Å². The Balaban J connectivity index is 1.49. The van der Waals surface area contributed by atoms with Gasteiger partial charge in [0.15, 0.2) is 5.01 Å². The molecule has 1 saturated heterocycles. The molecule has 4 rings (SSSR count). The van der Waals surface area contributed by atoms with E-state index in [9.17, 15) is 24.0 Å². The normalized spacial score (nSPS) is 19.2. The molecule has 2 aliphatic heterocycles. The fourth-order valence-corrected chi connectivity index (χ4v) is 6.83. The monoisotopic (exact) mass is 576 g/mol. The fraction of sp³-hybridized carbons (Fsp3) is 0.333. The number of fused-ring (bicyclic) bond motifs is 1. The number of thiazole rings is 1. The van der Waals surface area contributed by atoms with E-state index in [0.29, 0.717) is 21.9 Å². The second kappa shape index (κ2) is 12.1. The number of β-lactam (4-membered cyclic amide) rings is 1. The van der Waals surface area contributed by atoms with Crippen LogP contribution in [0.4, 0.5) is 0 Å². The van der Waals surface area contributed by atoms with E-state index in [2.05, 4.69) is 10.3 Å². The molecule has 3 heterocycles. The van der Waals surface area contributed by atoms with Gasteiger partial charge in [-0.2, -0.15) is 0 Å². The minimum atomic E-state index is -0.970. The number of amides is 2. The fourth-order valence-electron chi connectivity index (χ4n) is 3.74. The topological polar surface area (TPSA) is 158 Å². The highest BCUT2D eigenvalue weighted by Crippen LogP contribution is 2.41. The van der Waals surface area contributed by atoms with Gasteiger partial charge in [0.2, 0.25) is 17.8 Å². The third-order valence-corrected chi connectivity index (χ3v) is 8.93. The van der Waals surface area contributed by atoms with Gasteiger partial charge >= 0.3 is 11.9 Å². The van der Waals surface area contributed by atoms with Gasteiger partial charge in [-0.05, 0) is 18.1 Å². The van der Waals surface area contributed by atoms with Gasteiger partial charge in [0.05, 0.1) is 0 Å². The number of carbonyl (C=O) groups is 5. The van der Waals surface area contributed by atoms with Crippen molar-refractivity contribution in [2.45, 2.75) is 31.3 Å². The van der Waals surface area contributed by atoms with Crippen LogP contribution in [0, 0.1) is 6.92 Å². The molecule has 1 aromatic heterocycles. The van der Waals surface area contributed by atoms with Gasteiger partial charge in [-0.25, -0.2) is 9.78 Å². The predicted octanol–water partition coefficient (Wildman–Crippen LogP) is 1.74. The predicted molar refractivity (Wildman–Crippen MR) is 142 cm³/mol. The maximum atomic E-state index is 13.1. The number of rotatable bonds is 9. The molecule has 0 saturated carbocycles. The van der Waals surface area contributed by atoms with Crippen molar-refractivity contribution in [3.05, 3.63) is 63.2 Å². The Hall–Kier alpha value is -3.20. The van der Waals surface area contributed by atoms with Crippen LogP contribution in [0.2, 0.25) is 0 Å². The van der Waals surface area contributed by atoms with Gasteiger partial charge in [-0.3, -0.25) is 24.1 Å². The van der Waals surface area contributed by atoms with Gasteiger partial charge in [0.1, 0.15) is 23.2 Å². The SMILES string of the molecule is CC(=O)OCOC(=O)C1=C(CSC(=O)c2ncc(C)s2)CS[C@H]2C(NC(=O)C(N)c3ccccc3)C(=O)N12. The quantitative estimate of drug-likeness (QED) is 0.254. The minimum Gasteiger partial charge on any atom is -0.428 e. The van der Waals surface area contributed by atoms with Crippen LogP contribution < -0.4 is 11.1 Å². The van der Waals surface area contributed by atoms with E-state index < -0.39 is 48.0 Å². The van der Waals surface area contributed by atoms with Crippen LogP contribution in [0.5, 0.6) is 0 Å². The largest absolute Gasteiger partial charge is 0.428 e. The number of aromatic nitrogens is 1. The lowest BCUT2D eigenvalue weighted by molar-refractivity contribution is -0.166. The summed E-state index contributed by atoms with van der Waals surface area (Å²) in [6, 6.07) is 6.88. The van der Waals surface area contributed by atoms with Crippen molar-refractivity contribution in [2.75, 3.05) is 18.3 Å². The third kappa shape index (κ3) is 6.09. The van der Waals surface area contributed by atoms with Gasteiger partial charge < -0.3 is 20.5 Å². The molecule has 0 spiro atoms. The number of nitrogens with one attached hydrogen (secondary N) is 1. The molecular weight excluding hydrogens is 552 g/mol. The van der Waals surface area contributed by atoms with Crippen LogP contribution in [0.15, 0.2) is 47.8 Å². The average molecular weight is 577 g/mol. The molecule has 2 aromatic rings. The highest BCUT2D eigenvalue weighted by Gasteiger charge is 2.54. The second-order valence-electron chi connectivity index (χ2n) is 8.27. The van der Waals surface area contributed by atoms with Crippen molar-refractivity contribution in [2.24, 2.45) is 5.73 Å². The summed E-state index contributed by atoms with van der Waals surface area (Å²) in [5, 5.41) is 2.19. The number of hydrogen-bond donors (Lipinski definition) is 2. The maximum Gasteiger partial charge on any atom is 0.357 e. The summed E-state index contributed by atoms with van der Waals surface area (Å²) in [5.74, 6) is -2.12. The van der Waals surface area contributed by atoms with E-state index in [0.717, 1.165) is 16.6 Å². The smallest absolute Gasteiger partial charge is 0.357 e. The summed E-state index contributed by atoms with van der Waals surface area (Å²) in [5.41, 5.74) is 7.14. The average Bonchev–Trinajstić information content (AvgIpc) is 3.35. The minimum absolute atomic E-state index is 0.0284. The summed E-state index contributed by atoms with van der Waals surface area (Å²) >= 11 is 3.57. The Kier molecular flexibility index (Phi) is 8.87. The van der Waals surface area contributed by atoms with Crippen LogP contribution in [-0.2, 0) is 28.7 Å². The van der Waals surface area contributed by atoms with Crippen LogP contribution in [-0.4, -0.2) is 68.5 Å². The third-order valence-electron chi connectivity index (χ3n) is 5.61. The molecule has 2 amide bonds. The maximum absolute atomic E-state index is 13.1. The molecule has 0 bridgehead atoms. The first kappa shape index (κ1) is 27.8. The first-order valence-electron chi connectivity index (χ1n) is 11.3. The number of nitrogens with two attached hydrogens (primary N) is 1. The van der Waals surface area contributed by atoms with E-state index in [1.54, 1.807) is 36.5 Å². The molecule has 1 aromatic carbocycles.